The van der Waals surface area contributed by atoms with Crippen molar-refractivity contribution in [2.75, 3.05) is 23.8 Å². The van der Waals surface area contributed by atoms with Crippen molar-refractivity contribution in [1.29, 1.82) is 0 Å². The molecule has 3 nitrogen and oxygen atoms in total. The van der Waals surface area contributed by atoms with E-state index in [1.54, 1.807) is 4.90 Å². The summed E-state index contributed by atoms with van der Waals surface area (Å²) in [6, 6.07) is 4.09. The second-order valence-corrected chi connectivity index (χ2v) is 5.17. The van der Waals surface area contributed by atoms with Gasteiger partial charge < -0.3 is 10.2 Å². The van der Waals surface area contributed by atoms with Crippen molar-refractivity contribution in [3.05, 3.63) is 22.2 Å². The quantitative estimate of drug-likeness (QED) is 0.794. The number of hydrogen-bond acceptors (Lipinski definition) is 2. The molecule has 2 rings (SSSR count). The normalized spacial score (nSPS) is 20.1. The van der Waals surface area contributed by atoms with E-state index in [9.17, 15) is 4.79 Å². The Hall–Kier alpha value is -1.03. The number of benzene rings is 1. The van der Waals surface area contributed by atoms with E-state index in [0.717, 1.165) is 21.4 Å². The van der Waals surface area contributed by atoms with Gasteiger partial charge in [0.25, 0.3) is 0 Å². The van der Waals surface area contributed by atoms with Gasteiger partial charge >= 0.3 is 0 Å². The molecule has 0 saturated heterocycles. The van der Waals surface area contributed by atoms with Crippen LogP contribution in [0, 0.1) is 12.8 Å². The van der Waals surface area contributed by atoms with E-state index >= 15 is 0 Å². The molecule has 0 fully saturated rings. The number of anilines is 2. The first-order valence-electron chi connectivity index (χ1n) is 5.32. The molecule has 1 amide bonds. The van der Waals surface area contributed by atoms with Gasteiger partial charge in [-0.15, -0.1) is 0 Å². The molecule has 86 valence electrons. The Balaban J connectivity index is 2.57. The third-order valence-corrected chi connectivity index (χ3v) is 3.54. The van der Waals surface area contributed by atoms with Crippen LogP contribution >= 0.6 is 15.9 Å². The van der Waals surface area contributed by atoms with Crippen LogP contribution in [0.2, 0.25) is 0 Å². The first-order chi connectivity index (χ1) is 7.50. The standard InChI is InChI=1S/C12H15BrN2O/c1-7-4-9(13)11-10(5-7)15(3)12(16)8(2)6-14-11/h4-5,8,14H,6H2,1-3H3. The maximum absolute atomic E-state index is 12.0. The second kappa shape index (κ2) is 4.09. The van der Waals surface area contributed by atoms with Gasteiger partial charge in [-0.3, -0.25) is 4.79 Å². The van der Waals surface area contributed by atoms with Crippen molar-refractivity contribution in [1.82, 2.24) is 0 Å². The molecule has 0 saturated carbocycles. The first-order valence-corrected chi connectivity index (χ1v) is 6.11. The lowest BCUT2D eigenvalue weighted by Gasteiger charge is -2.19. The molecule has 1 heterocycles. The molecule has 1 aliphatic rings. The molecule has 1 aromatic carbocycles. The number of hydrogen-bond donors (Lipinski definition) is 1. The fourth-order valence-corrected chi connectivity index (χ4v) is 2.66. The summed E-state index contributed by atoms with van der Waals surface area (Å²) in [6.07, 6.45) is 0. The highest BCUT2D eigenvalue weighted by Gasteiger charge is 2.25. The number of nitrogens with one attached hydrogen (secondary N) is 1. The third kappa shape index (κ3) is 1.82. The molecule has 16 heavy (non-hydrogen) atoms. The molecule has 1 unspecified atom stereocenters. The van der Waals surface area contributed by atoms with Crippen LogP contribution in [-0.4, -0.2) is 19.5 Å². The third-order valence-electron chi connectivity index (χ3n) is 2.91. The lowest BCUT2D eigenvalue weighted by molar-refractivity contribution is -0.121. The minimum absolute atomic E-state index is 0.00426. The number of fused-ring (bicyclic) bond motifs is 1. The molecular weight excluding hydrogens is 268 g/mol. The van der Waals surface area contributed by atoms with Crippen LogP contribution in [0.5, 0.6) is 0 Å². The van der Waals surface area contributed by atoms with Gasteiger partial charge in [0, 0.05) is 18.1 Å². The largest absolute Gasteiger partial charge is 0.382 e. The van der Waals surface area contributed by atoms with Crippen molar-refractivity contribution < 1.29 is 4.79 Å². The lowest BCUT2D eigenvalue weighted by Crippen LogP contribution is -2.31. The van der Waals surface area contributed by atoms with Gasteiger partial charge in [0.15, 0.2) is 0 Å². The molecule has 0 bridgehead atoms. The summed E-state index contributed by atoms with van der Waals surface area (Å²) in [4.78, 5) is 13.7. The monoisotopic (exact) mass is 282 g/mol. The van der Waals surface area contributed by atoms with Gasteiger partial charge in [-0.25, -0.2) is 0 Å². The molecule has 1 aromatic rings. The number of carbonyl (C=O) groups is 1. The van der Waals surface area contributed by atoms with Crippen molar-refractivity contribution in [3.8, 4) is 0 Å². The zero-order chi connectivity index (χ0) is 11.9. The van der Waals surface area contributed by atoms with Crippen LogP contribution in [0.15, 0.2) is 16.6 Å². The summed E-state index contributed by atoms with van der Waals surface area (Å²) >= 11 is 3.53. The van der Waals surface area contributed by atoms with E-state index < -0.39 is 0 Å². The maximum atomic E-state index is 12.0. The summed E-state index contributed by atoms with van der Waals surface area (Å²) in [7, 11) is 1.83. The highest BCUT2D eigenvalue weighted by atomic mass is 79.9. The average molecular weight is 283 g/mol. The van der Waals surface area contributed by atoms with Crippen molar-refractivity contribution in [2.45, 2.75) is 13.8 Å². The number of nitrogens with zero attached hydrogens (tertiary/aromatic N) is 1. The van der Waals surface area contributed by atoms with E-state index in [2.05, 4.69) is 27.3 Å². The van der Waals surface area contributed by atoms with E-state index in [-0.39, 0.29) is 11.8 Å². The van der Waals surface area contributed by atoms with Gasteiger partial charge in [0.1, 0.15) is 0 Å². The Labute approximate surface area is 104 Å². The van der Waals surface area contributed by atoms with Crippen LogP contribution in [0.25, 0.3) is 0 Å². The highest BCUT2D eigenvalue weighted by Crippen LogP contribution is 2.36. The molecule has 0 spiro atoms. The van der Waals surface area contributed by atoms with Crippen LogP contribution in [0.3, 0.4) is 0 Å². The van der Waals surface area contributed by atoms with Crippen LogP contribution in [0.4, 0.5) is 11.4 Å². The number of rotatable bonds is 0. The van der Waals surface area contributed by atoms with Gasteiger partial charge in [0.2, 0.25) is 5.91 Å². The molecule has 0 radical (unpaired) electrons. The van der Waals surface area contributed by atoms with Crippen molar-refractivity contribution >= 4 is 33.2 Å². The van der Waals surface area contributed by atoms with Crippen LogP contribution in [0.1, 0.15) is 12.5 Å². The van der Waals surface area contributed by atoms with Crippen LogP contribution in [-0.2, 0) is 4.79 Å². The zero-order valence-corrected chi connectivity index (χ0v) is 11.3. The SMILES string of the molecule is Cc1cc(Br)c2c(c1)N(C)C(=O)C(C)CN2. The number of carbonyl (C=O) groups excluding carboxylic acids is 1. The minimum atomic E-state index is 0.00426. The molecule has 0 aromatic heterocycles. The minimum Gasteiger partial charge on any atom is -0.382 e. The summed E-state index contributed by atoms with van der Waals surface area (Å²) in [5, 5.41) is 3.32. The van der Waals surface area contributed by atoms with Gasteiger partial charge in [-0.2, -0.15) is 0 Å². The molecule has 0 aliphatic carbocycles. The predicted molar refractivity (Wildman–Crippen MR) is 69.9 cm³/mol. The van der Waals surface area contributed by atoms with E-state index in [1.807, 2.05) is 27.0 Å². The molecule has 4 heteroatoms. The first kappa shape index (κ1) is 11.5. The Morgan fingerprint density at radius 3 is 2.88 bits per heavy atom. The van der Waals surface area contributed by atoms with Crippen LogP contribution < -0.4 is 10.2 Å². The Morgan fingerprint density at radius 1 is 1.50 bits per heavy atom. The van der Waals surface area contributed by atoms with Gasteiger partial charge in [-0.1, -0.05) is 6.92 Å². The Bertz CT molecular complexity index is 445. The predicted octanol–water partition coefficient (Wildman–Crippen LogP) is 2.78. The molecule has 1 N–H and O–H groups in total. The average Bonchev–Trinajstić information content (AvgIpc) is 2.32. The maximum Gasteiger partial charge on any atom is 0.231 e. The molecule has 1 aliphatic heterocycles. The van der Waals surface area contributed by atoms with Crippen molar-refractivity contribution in [2.24, 2.45) is 5.92 Å². The summed E-state index contributed by atoms with van der Waals surface area (Å²) in [5.41, 5.74) is 3.09. The number of aryl methyl sites for hydroxylation is 1. The van der Waals surface area contributed by atoms with E-state index in [0.29, 0.717) is 6.54 Å². The molecule has 1 atom stereocenters. The smallest absolute Gasteiger partial charge is 0.231 e. The second-order valence-electron chi connectivity index (χ2n) is 4.32. The number of halogens is 1. The fraction of sp³-hybridized carbons (Fsp3) is 0.417. The highest BCUT2D eigenvalue weighted by molar-refractivity contribution is 9.10. The topological polar surface area (TPSA) is 32.3 Å². The number of amides is 1. The fourth-order valence-electron chi connectivity index (χ4n) is 1.96. The van der Waals surface area contributed by atoms with Gasteiger partial charge in [0.05, 0.1) is 17.3 Å². The van der Waals surface area contributed by atoms with Crippen molar-refractivity contribution in [3.63, 3.8) is 0 Å². The molecular formula is C12H15BrN2O. The summed E-state index contributed by atoms with van der Waals surface area (Å²) < 4.78 is 1.01. The Kier molecular flexibility index (Phi) is 2.93. The van der Waals surface area contributed by atoms with E-state index in [4.69, 9.17) is 0 Å². The lowest BCUT2D eigenvalue weighted by atomic mass is 10.1. The van der Waals surface area contributed by atoms with Gasteiger partial charge in [-0.05, 0) is 40.5 Å². The Morgan fingerprint density at radius 2 is 2.19 bits per heavy atom. The summed E-state index contributed by atoms with van der Waals surface area (Å²) in [5.74, 6) is 0.161. The zero-order valence-electron chi connectivity index (χ0n) is 9.67. The summed E-state index contributed by atoms with van der Waals surface area (Å²) in [6.45, 7) is 4.65. The van der Waals surface area contributed by atoms with E-state index in [1.165, 1.54) is 0 Å².